The van der Waals surface area contributed by atoms with Gasteiger partial charge in [-0.1, -0.05) is 19.1 Å². The van der Waals surface area contributed by atoms with Crippen LogP contribution in [-0.2, 0) is 15.9 Å². The first-order valence-corrected chi connectivity index (χ1v) is 9.10. The van der Waals surface area contributed by atoms with Crippen LogP contribution in [0.3, 0.4) is 0 Å². The van der Waals surface area contributed by atoms with Gasteiger partial charge in [0.1, 0.15) is 0 Å². The number of hydrogen-bond donors (Lipinski definition) is 0. The molecule has 0 N–H and O–H groups in total. The maximum absolute atomic E-state index is 12.1. The number of esters is 1. The van der Waals surface area contributed by atoms with E-state index in [-0.39, 0.29) is 12.8 Å². The summed E-state index contributed by atoms with van der Waals surface area (Å²) in [6.07, 6.45) is 8.04. The highest BCUT2D eigenvalue weighted by molar-refractivity contribution is 5.89. The van der Waals surface area contributed by atoms with Crippen molar-refractivity contribution in [2.75, 3.05) is 6.79 Å². The average Bonchev–Trinajstić information content (AvgIpc) is 2.56. The number of rotatable bonds is 5. The predicted molar refractivity (Wildman–Crippen MR) is 88.0 cm³/mol. The third kappa shape index (κ3) is 3.03. The standard InChI is InChI=1S/C20H26O3/c1-2-13-3-5-16(6-4-13)20(21)23-12-22-19-17-8-14-7-15(10-17)11-18(19)9-14/h3-6,14-15,17-19H,2,7-12H2,1H3. The minimum atomic E-state index is -0.281. The van der Waals surface area contributed by atoms with E-state index in [0.717, 1.165) is 18.3 Å². The van der Waals surface area contributed by atoms with Crippen LogP contribution in [0.15, 0.2) is 24.3 Å². The summed E-state index contributed by atoms with van der Waals surface area (Å²) in [6, 6.07) is 7.64. The lowest BCUT2D eigenvalue weighted by atomic mass is 9.55. The summed E-state index contributed by atoms with van der Waals surface area (Å²) in [4.78, 5) is 12.1. The number of carbonyl (C=O) groups is 1. The summed E-state index contributed by atoms with van der Waals surface area (Å²) >= 11 is 0. The van der Waals surface area contributed by atoms with E-state index in [2.05, 4.69) is 6.92 Å². The van der Waals surface area contributed by atoms with Crippen molar-refractivity contribution in [2.24, 2.45) is 23.7 Å². The number of benzene rings is 1. The molecular formula is C20H26O3. The molecule has 4 fully saturated rings. The Labute approximate surface area is 138 Å². The summed E-state index contributed by atoms with van der Waals surface area (Å²) in [7, 11) is 0. The molecule has 124 valence electrons. The first-order chi connectivity index (χ1) is 11.2. The second kappa shape index (κ2) is 6.27. The van der Waals surface area contributed by atoms with Crippen LogP contribution in [0.25, 0.3) is 0 Å². The van der Waals surface area contributed by atoms with Gasteiger partial charge in [0, 0.05) is 0 Å². The fourth-order valence-electron chi connectivity index (χ4n) is 5.27. The molecule has 0 spiro atoms. The van der Waals surface area contributed by atoms with Gasteiger partial charge in [0.05, 0.1) is 11.7 Å². The maximum atomic E-state index is 12.1. The Morgan fingerprint density at radius 2 is 1.61 bits per heavy atom. The van der Waals surface area contributed by atoms with Crippen LogP contribution < -0.4 is 0 Å². The predicted octanol–water partition coefficient (Wildman–Crippen LogP) is 4.20. The Morgan fingerprint density at radius 3 is 2.17 bits per heavy atom. The highest BCUT2D eigenvalue weighted by Crippen LogP contribution is 2.54. The quantitative estimate of drug-likeness (QED) is 0.603. The third-order valence-corrected chi connectivity index (χ3v) is 6.19. The highest BCUT2D eigenvalue weighted by Gasteiger charge is 2.48. The van der Waals surface area contributed by atoms with Crippen LogP contribution >= 0.6 is 0 Å². The van der Waals surface area contributed by atoms with Gasteiger partial charge in [0.2, 0.25) is 0 Å². The zero-order valence-electron chi connectivity index (χ0n) is 13.9. The molecule has 23 heavy (non-hydrogen) atoms. The van der Waals surface area contributed by atoms with Crippen LogP contribution in [0.5, 0.6) is 0 Å². The van der Waals surface area contributed by atoms with Crippen LogP contribution in [0, 0.1) is 23.7 Å². The summed E-state index contributed by atoms with van der Waals surface area (Å²) < 4.78 is 11.4. The molecule has 4 bridgehead atoms. The van der Waals surface area contributed by atoms with Gasteiger partial charge < -0.3 is 9.47 Å². The Morgan fingerprint density at radius 1 is 1.00 bits per heavy atom. The number of carbonyl (C=O) groups excluding carboxylic acids is 1. The maximum Gasteiger partial charge on any atom is 0.340 e. The van der Waals surface area contributed by atoms with Gasteiger partial charge in [-0.25, -0.2) is 4.79 Å². The highest BCUT2D eigenvalue weighted by atomic mass is 16.7. The molecule has 1 aromatic rings. The van der Waals surface area contributed by atoms with E-state index < -0.39 is 0 Å². The average molecular weight is 314 g/mol. The lowest BCUT2D eigenvalue weighted by Crippen LogP contribution is -2.49. The molecule has 0 heterocycles. The van der Waals surface area contributed by atoms with Crippen molar-refractivity contribution in [3.8, 4) is 0 Å². The van der Waals surface area contributed by atoms with E-state index in [4.69, 9.17) is 9.47 Å². The van der Waals surface area contributed by atoms with E-state index in [1.165, 1.54) is 37.7 Å². The van der Waals surface area contributed by atoms with E-state index in [1.807, 2.05) is 24.3 Å². The molecule has 4 aliphatic carbocycles. The van der Waals surface area contributed by atoms with Crippen molar-refractivity contribution in [2.45, 2.75) is 51.6 Å². The molecule has 0 aromatic heterocycles. The van der Waals surface area contributed by atoms with E-state index in [1.54, 1.807) is 0 Å². The largest absolute Gasteiger partial charge is 0.435 e. The minimum absolute atomic E-state index is 0.0986. The van der Waals surface area contributed by atoms with Gasteiger partial charge in [-0.2, -0.15) is 0 Å². The van der Waals surface area contributed by atoms with Crippen molar-refractivity contribution < 1.29 is 14.3 Å². The molecule has 0 atom stereocenters. The first kappa shape index (κ1) is 15.2. The van der Waals surface area contributed by atoms with Crippen LogP contribution in [-0.4, -0.2) is 18.9 Å². The second-order valence-electron chi connectivity index (χ2n) is 7.66. The molecule has 0 aliphatic heterocycles. The number of ether oxygens (including phenoxy) is 2. The number of hydrogen-bond acceptors (Lipinski definition) is 3. The van der Waals surface area contributed by atoms with Crippen molar-refractivity contribution >= 4 is 5.97 Å². The Kier molecular flexibility index (Phi) is 4.14. The fraction of sp³-hybridized carbons (Fsp3) is 0.650. The molecule has 0 saturated heterocycles. The van der Waals surface area contributed by atoms with Crippen LogP contribution in [0.2, 0.25) is 0 Å². The second-order valence-corrected chi connectivity index (χ2v) is 7.66. The normalized spacial score (nSPS) is 34.6. The lowest BCUT2D eigenvalue weighted by molar-refractivity contribution is -0.162. The van der Waals surface area contributed by atoms with E-state index in [9.17, 15) is 4.79 Å². The van der Waals surface area contributed by atoms with Gasteiger partial charge in [-0.15, -0.1) is 0 Å². The van der Waals surface area contributed by atoms with Gasteiger partial charge in [0.25, 0.3) is 0 Å². The molecule has 0 unspecified atom stereocenters. The molecule has 0 amide bonds. The van der Waals surface area contributed by atoms with E-state index >= 15 is 0 Å². The van der Waals surface area contributed by atoms with Crippen molar-refractivity contribution in [1.82, 2.24) is 0 Å². The molecule has 4 aliphatic rings. The Balaban J connectivity index is 1.29. The zero-order chi connectivity index (χ0) is 15.8. The van der Waals surface area contributed by atoms with Crippen molar-refractivity contribution in [1.29, 1.82) is 0 Å². The number of aryl methyl sites for hydroxylation is 1. The molecular weight excluding hydrogens is 288 g/mol. The summed E-state index contributed by atoms with van der Waals surface area (Å²) in [6.45, 7) is 2.20. The minimum Gasteiger partial charge on any atom is -0.435 e. The third-order valence-electron chi connectivity index (χ3n) is 6.19. The summed E-state index contributed by atoms with van der Waals surface area (Å²) in [5, 5.41) is 0. The van der Waals surface area contributed by atoms with E-state index in [0.29, 0.717) is 23.5 Å². The summed E-state index contributed by atoms with van der Waals surface area (Å²) in [5.41, 5.74) is 1.84. The van der Waals surface area contributed by atoms with Crippen molar-refractivity contribution in [3.05, 3.63) is 35.4 Å². The topological polar surface area (TPSA) is 35.5 Å². The van der Waals surface area contributed by atoms with Gasteiger partial charge in [0.15, 0.2) is 6.79 Å². The molecule has 0 radical (unpaired) electrons. The van der Waals surface area contributed by atoms with Crippen molar-refractivity contribution in [3.63, 3.8) is 0 Å². The monoisotopic (exact) mass is 314 g/mol. The fourth-order valence-corrected chi connectivity index (χ4v) is 5.27. The van der Waals surface area contributed by atoms with Crippen LogP contribution in [0.1, 0.15) is 54.9 Å². The SMILES string of the molecule is CCc1ccc(C(=O)OCOC2C3CC4CC(C3)CC2C4)cc1. The van der Waals surface area contributed by atoms with Gasteiger partial charge in [-0.3, -0.25) is 0 Å². The van der Waals surface area contributed by atoms with Crippen LogP contribution in [0.4, 0.5) is 0 Å². The Hall–Kier alpha value is -1.35. The first-order valence-electron chi connectivity index (χ1n) is 9.10. The molecule has 4 saturated carbocycles. The molecule has 5 rings (SSSR count). The van der Waals surface area contributed by atoms with Gasteiger partial charge >= 0.3 is 5.97 Å². The summed E-state index contributed by atoms with van der Waals surface area (Å²) in [5.74, 6) is 3.01. The molecule has 3 nitrogen and oxygen atoms in total. The lowest BCUT2D eigenvalue weighted by Gasteiger charge is -2.53. The zero-order valence-corrected chi connectivity index (χ0v) is 13.9. The molecule has 1 aromatic carbocycles. The smallest absolute Gasteiger partial charge is 0.340 e. The molecule has 3 heteroatoms. The Bertz CT molecular complexity index is 535. The van der Waals surface area contributed by atoms with Gasteiger partial charge in [-0.05, 0) is 79.9 Å².